The van der Waals surface area contributed by atoms with Crippen molar-refractivity contribution < 1.29 is 4.39 Å². The van der Waals surface area contributed by atoms with Gasteiger partial charge in [-0.15, -0.1) is 0 Å². The zero-order valence-electron chi connectivity index (χ0n) is 5.47. The minimum Gasteiger partial charge on any atom is -0.307 e. The minimum absolute atomic E-state index is 0.229. The quantitative estimate of drug-likeness (QED) is 0.610. The molecule has 0 aliphatic carbocycles. The van der Waals surface area contributed by atoms with Crippen LogP contribution >= 0.6 is 0 Å². The molecule has 0 heterocycles. The molecule has 1 nitrogen and oxygen atoms in total. The van der Waals surface area contributed by atoms with Crippen molar-refractivity contribution in [2.45, 2.75) is 6.54 Å². The molecule has 1 rings (SSSR count). The summed E-state index contributed by atoms with van der Waals surface area (Å²) in [6.45, 7) is 0.498. The van der Waals surface area contributed by atoms with Crippen molar-refractivity contribution in [3.05, 3.63) is 42.7 Å². The smallest absolute Gasteiger partial charge is 0.123 e. The summed E-state index contributed by atoms with van der Waals surface area (Å²) in [5.41, 5.74) is 0.850. The Morgan fingerprint density at radius 3 is 2.90 bits per heavy atom. The molecule has 0 unspecified atom stereocenters. The zero-order valence-corrected chi connectivity index (χ0v) is 5.47. The van der Waals surface area contributed by atoms with Gasteiger partial charge in [0.2, 0.25) is 0 Å². The Balaban J connectivity index is 2.75. The normalized spacial score (nSPS) is 9.80. The Kier molecular flexibility index (Phi) is 2.40. The molecule has 2 heteroatoms. The summed E-state index contributed by atoms with van der Waals surface area (Å²) < 4.78 is 12.4. The van der Waals surface area contributed by atoms with Crippen LogP contribution in [0.3, 0.4) is 0 Å². The van der Waals surface area contributed by atoms with Crippen molar-refractivity contribution in [2.24, 2.45) is 0 Å². The number of hydrogen-bond donors (Lipinski definition) is 1. The highest BCUT2D eigenvalue weighted by molar-refractivity contribution is 5.15. The molecule has 0 saturated heterocycles. The molecule has 0 spiro atoms. The lowest BCUT2D eigenvalue weighted by atomic mass is 10.2. The van der Waals surface area contributed by atoms with Crippen molar-refractivity contribution in [3.8, 4) is 0 Å². The Labute approximate surface area is 59.9 Å². The summed E-state index contributed by atoms with van der Waals surface area (Å²) in [5.74, 6) is -0.229. The Bertz CT molecular complexity index is 210. The summed E-state index contributed by atoms with van der Waals surface area (Å²) in [6, 6.07) is 6.31. The molecule has 1 aromatic carbocycles. The molecule has 0 saturated carbocycles. The van der Waals surface area contributed by atoms with Gasteiger partial charge in [0.15, 0.2) is 0 Å². The van der Waals surface area contributed by atoms with Crippen LogP contribution in [0, 0.1) is 12.9 Å². The van der Waals surface area contributed by atoms with Crippen LogP contribution in [0.25, 0.3) is 0 Å². The fourth-order valence-electron chi connectivity index (χ4n) is 0.765. The van der Waals surface area contributed by atoms with Gasteiger partial charge in [-0.25, -0.2) is 4.39 Å². The third-order valence-electron chi connectivity index (χ3n) is 1.20. The summed E-state index contributed by atoms with van der Waals surface area (Å²) in [7, 11) is 5.04. The van der Waals surface area contributed by atoms with Gasteiger partial charge in [-0.1, -0.05) is 12.1 Å². The first-order valence-electron chi connectivity index (χ1n) is 3.01. The van der Waals surface area contributed by atoms with Crippen molar-refractivity contribution in [2.75, 3.05) is 0 Å². The highest BCUT2D eigenvalue weighted by atomic mass is 19.1. The van der Waals surface area contributed by atoms with Crippen LogP contribution in [-0.2, 0) is 6.54 Å². The number of benzene rings is 1. The maximum Gasteiger partial charge on any atom is 0.123 e. The number of rotatable bonds is 2. The molecule has 0 atom stereocenters. The van der Waals surface area contributed by atoms with E-state index >= 15 is 0 Å². The second-order valence-electron chi connectivity index (χ2n) is 2.01. The van der Waals surface area contributed by atoms with Crippen LogP contribution in [0.4, 0.5) is 4.39 Å². The molecule has 0 amide bonds. The van der Waals surface area contributed by atoms with E-state index in [-0.39, 0.29) is 5.82 Å². The van der Waals surface area contributed by atoms with E-state index in [1.807, 2.05) is 6.07 Å². The molecule has 10 heavy (non-hydrogen) atoms. The van der Waals surface area contributed by atoms with Crippen LogP contribution in [0.15, 0.2) is 24.3 Å². The van der Waals surface area contributed by atoms with E-state index in [9.17, 15) is 4.39 Å². The summed E-state index contributed by atoms with van der Waals surface area (Å²) in [6.07, 6.45) is 0. The first-order valence-corrected chi connectivity index (χ1v) is 3.01. The zero-order chi connectivity index (χ0) is 7.40. The average Bonchev–Trinajstić information content (AvgIpc) is 1.88. The van der Waals surface area contributed by atoms with Crippen molar-refractivity contribution in [1.82, 2.24) is 5.32 Å². The average molecular weight is 137 g/mol. The third-order valence-corrected chi connectivity index (χ3v) is 1.20. The lowest BCUT2D eigenvalue weighted by Crippen LogP contribution is -2.01. The number of hydrogen-bond acceptors (Lipinski definition) is 1. The highest BCUT2D eigenvalue weighted by Gasteiger charge is 1.91. The molecule has 2 radical (unpaired) electrons. The molecule has 0 bridgehead atoms. The summed E-state index contributed by atoms with van der Waals surface area (Å²) in [5, 5.41) is 2.44. The fraction of sp³-hybridized carbons (Fsp3) is 0.125. The lowest BCUT2D eigenvalue weighted by molar-refractivity contribution is 0.624. The second-order valence-corrected chi connectivity index (χ2v) is 2.01. The van der Waals surface area contributed by atoms with Crippen LogP contribution < -0.4 is 5.32 Å². The van der Waals surface area contributed by atoms with Gasteiger partial charge in [-0.2, -0.15) is 0 Å². The second kappa shape index (κ2) is 3.32. The molecular weight excluding hydrogens is 129 g/mol. The summed E-state index contributed by atoms with van der Waals surface area (Å²) >= 11 is 0. The predicted molar refractivity (Wildman–Crippen MR) is 37.5 cm³/mol. The molecule has 1 aromatic rings. The molecule has 0 fully saturated rings. The number of nitrogens with one attached hydrogen (secondary N) is 1. The molecule has 52 valence electrons. The Morgan fingerprint density at radius 1 is 1.50 bits per heavy atom. The van der Waals surface area contributed by atoms with Crippen LogP contribution in [0.1, 0.15) is 5.56 Å². The van der Waals surface area contributed by atoms with Crippen LogP contribution in [0.5, 0.6) is 0 Å². The third kappa shape index (κ3) is 1.81. The first kappa shape index (κ1) is 7.22. The Hall–Kier alpha value is -0.890. The van der Waals surface area contributed by atoms with Crippen LogP contribution in [0.2, 0.25) is 0 Å². The van der Waals surface area contributed by atoms with E-state index in [1.54, 1.807) is 6.07 Å². The van der Waals surface area contributed by atoms with E-state index in [0.717, 1.165) is 5.56 Å². The molecule has 0 aromatic heterocycles. The van der Waals surface area contributed by atoms with Crippen molar-refractivity contribution in [1.29, 1.82) is 0 Å². The van der Waals surface area contributed by atoms with E-state index in [2.05, 4.69) is 5.32 Å². The predicted octanol–water partition coefficient (Wildman–Crippen LogP) is 1.58. The molecular formula is C8H8FN. The van der Waals surface area contributed by atoms with Gasteiger partial charge < -0.3 is 5.32 Å². The minimum atomic E-state index is -0.229. The Morgan fingerprint density at radius 2 is 2.30 bits per heavy atom. The maximum atomic E-state index is 12.4. The highest BCUT2D eigenvalue weighted by Crippen LogP contribution is 2.01. The largest absolute Gasteiger partial charge is 0.307 e. The SMILES string of the molecule is [CH]NCc1cccc(F)c1. The van der Waals surface area contributed by atoms with E-state index in [0.29, 0.717) is 6.54 Å². The molecule has 0 aliphatic rings. The van der Waals surface area contributed by atoms with Gasteiger partial charge in [0.05, 0.1) is 0 Å². The van der Waals surface area contributed by atoms with Gasteiger partial charge in [0.25, 0.3) is 0 Å². The van der Waals surface area contributed by atoms with Gasteiger partial charge in [-0.05, 0) is 17.7 Å². The van der Waals surface area contributed by atoms with E-state index < -0.39 is 0 Å². The van der Waals surface area contributed by atoms with E-state index in [4.69, 9.17) is 7.05 Å². The fourth-order valence-corrected chi connectivity index (χ4v) is 0.765. The molecule has 0 aliphatic heterocycles. The maximum absolute atomic E-state index is 12.4. The van der Waals surface area contributed by atoms with Gasteiger partial charge >= 0.3 is 0 Å². The molecule has 1 N–H and O–H groups in total. The van der Waals surface area contributed by atoms with Crippen LogP contribution in [-0.4, -0.2) is 0 Å². The first-order chi connectivity index (χ1) is 4.83. The van der Waals surface area contributed by atoms with Gasteiger partial charge in [-0.3, -0.25) is 0 Å². The topological polar surface area (TPSA) is 12.0 Å². The lowest BCUT2D eigenvalue weighted by Gasteiger charge is -1.97. The van der Waals surface area contributed by atoms with E-state index in [1.165, 1.54) is 12.1 Å². The van der Waals surface area contributed by atoms with Crippen molar-refractivity contribution in [3.63, 3.8) is 0 Å². The van der Waals surface area contributed by atoms with Gasteiger partial charge in [0, 0.05) is 13.6 Å². The monoisotopic (exact) mass is 137 g/mol. The number of halogens is 1. The van der Waals surface area contributed by atoms with Gasteiger partial charge in [0.1, 0.15) is 5.82 Å². The summed E-state index contributed by atoms with van der Waals surface area (Å²) in [4.78, 5) is 0. The standard InChI is InChI=1S/C8H8FN/c1-10-6-7-3-2-4-8(9)5-7/h1-5,10H,6H2. The van der Waals surface area contributed by atoms with Crippen molar-refractivity contribution >= 4 is 0 Å².